The number of likely N-dealkylation sites (N-methyl/N-ethyl adjacent to an activating group) is 1. The second-order valence-corrected chi connectivity index (χ2v) is 5.03. The van der Waals surface area contributed by atoms with Gasteiger partial charge in [0.15, 0.2) is 0 Å². The molecule has 0 bridgehead atoms. The first-order chi connectivity index (χ1) is 8.47. The van der Waals surface area contributed by atoms with E-state index in [2.05, 4.69) is 18.7 Å². The number of nitrogens with zero attached hydrogens (tertiary/aromatic N) is 1. The highest BCUT2D eigenvalue weighted by molar-refractivity contribution is 5.22. The van der Waals surface area contributed by atoms with Crippen molar-refractivity contribution in [3.8, 4) is 5.75 Å². The molecular weight excluding hydrogens is 233 g/mol. The molecule has 0 heterocycles. The summed E-state index contributed by atoms with van der Waals surface area (Å²) in [5.41, 5.74) is 0. The highest BCUT2D eigenvalue weighted by atomic mass is 19.1. The first-order valence-corrected chi connectivity index (χ1v) is 6.22. The Labute approximate surface area is 108 Å². The number of aliphatic hydroxyl groups excluding tert-OH is 1. The van der Waals surface area contributed by atoms with Crippen molar-refractivity contribution in [2.45, 2.75) is 20.0 Å². The van der Waals surface area contributed by atoms with Crippen LogP contribution in [0.1, 0.15) is 13.8 Å². The SMILES string of the molecule is CC(C)CN(C)CC(O)COc1ccc(F)cc1. The molecule has 0 radical (unpaired) electrons. The number of rotatable bonds is 7. The molecule has 0 fully saturated rings. The van der Waals surface area contributed by atoms with Crippen molar-refractivity contribution in [2.24, 2.45) is 5.92 Å². The van der Waals surface area contributed by atoms with Gasteiger partial charge in [0.05, 0.1) is 0 Å². The first kappa shape index (κ1) is 14.9. The summed E-state index contributed by atoms with van der Waals surface area (Å²) in [7, 11) is 1.97. The van der Waals surface area contributed by atoms with Crippen LogP contribution in [-0.2, 0) is 0 Å². The molecule has 3 nitrogen and oxygen atoms in total. The van der Waals surface area contributed by atoms with Gasteiger partial charge < -0.3 is 14.7 Å². The van der Waals surface area contributed by atoms with Gasteiger partial charge in [-0.15, -0.1) is 0 Å². The Morgan fingerprint density at radius 2 is 1.83 bits per heavy atom. The molecule has 0 aromatic heterocycles. The maximum Gasteiger partial charge on any atom is 0.123 e. The van der Waals surface area contributed by atoms with E-state index in [1.807, 2.05) is 7.05 Å². The zero-order valence-electron chi connectivity index (χ0n) is 11.3. The Balaban J connectivity index is 2.28. The van der Waals surface area contributed by atoms with Gasteiger partial charge in [0.1, 0.15) is 24.3 Å². The highest BCUT2D eigenvalue weighted by Gasteiger charge is 2.10. The minimum absolute atomic E-state index is 0.216. The Morgan fingerprint density at radius 1 is 1.22 bits per heavy atom. The Bertz CT molecular complexity index is 340. The van der Waals surface area contributed by atoms with E-state index in [4.69, 9.17) is 4.74 Å². The van der Waals surface area contributed by atoms with Gasteiger partial charge in [-0.3, -0.25) is 0 Å². The van der Waals surface area contributed by atoms with Gasteiger partial charge in [-0.25, -0.2) is 4.39 Å². The average Bonchev–Trinajstić information content (AvgIpc) is 2.27. The van der Waals surface area contributed by atoms with E-state index >= 15 is 0 Å². The second-order valence-electron chi connectivity index (χ2n) is 5.03. The normalized spacial score (nSPS) is 13.1. The van der Waals surface area contributed by atoms with Gasteiger partial charge >= 0.3 is 0 Å². The highest BCUT2D eigenvalue weighted by Crippen LogP contribution is 2.11. The molecule has 1 aromatic carbocycles. The number of hydrogen-bond acceptors (Lipinski definition) is 3. The maximum absolute atomic E-state index is 12.7. The molecule has 1 rings (SSSR count). The smallest absolute Gasteiger partial charge is 0.123 e. The molecule has 4 heteroatoms. The molecular formula is C14H22FNO2. The van der Waals surface area contributed by atoms with Gasteiger partial charge in [0, 0.05) is 13.1 Å². The van der Waals surface area contributed by atoms with Crippen LogP contribution in [-0.4, -0.2) is 42.9 Å². The lowest BCUT2D eigenvalue weighted by atomic mass is 10.2. The summed E-state index contributed by atoms with van der Waals surface area (Å²) in [6.45, 7) is 6.00. The minimum Gasteiger partial charge on any atom is -0.491 e. The first-order valence-electron chi connectivity index (χ1n) is 6.22. The fourth-order valence-electron chi connectivity index (χ4n) is 1.83. The summed E-state index contributed by atoms with van der Waals surface area (Å²) in [5.74, 6) is 0.849. The van der Waals surface area contributed by atoms with E-state index in [9.17, 15) is 9.50 Å². The van der Waals surface area contributed by atoms with Crippen molar-refractivity contribution in [3.05, 3.63) is 30.1 Å². The lowest BCUT2D eigenvalue weighted by Crippen LogP contribution is -2.35. The summed E-state index contributed by atoms with van der Waals surface area (Å²) in [5, 5.41) is 9.81. The Kier molecular flexibility index (Phi) is 6.09. The molecule has 0 amide bonds. The standard InChI is InChI=1S/C14H22FNO2/c1-11(2)8-16(3)9-13(17)10-18-14-6-4-12(15)5-7-14/h4-7,11,13,17H,8-10H2,1-3H3. The van der Waals surface area contributed by atoms with Crippen LogP contribution < -0.4 is 4.74 Å². The van der Waals surface area contributed by atoms with Crippen LogP contribution in [0.3, 0.4) is 0 Å². The molecule has 1 atom stereocenters. The number of aliphatic hydroxyl groups is 1. The van der Waals surface area contributed by atoms with Gasteiger partial charge in [0.2, 0.25) is 0 Å². The number of hydrogen-bond donors (Lipinski definition) is 1. The van der Waals surface area contributed by atoms with Crippen LogP contribution in [0.2, 0.25) is 0 Å². The molecule has 0 saturated heterocycles. The topological polar surface area (TPSA) is 32.7 Å². The molecule has 0 aliphatic rings. The molecule has 102 valence electrons. The van der Waals surface area contributed by atoms with Crippen molar-refractivity contribution < 1.29 is 14.2 Å². The van der Waals surface area contributed by atoms with E-state index in [1.165, 1.54) is 12.1 Å². The lowest BCUT2D eigenvalue weighted by molar-refractivity contribution is 0.0732. The predicted octanol–water partition coefficient (Wildman–Crippen LogP) is 2.15. The van der Waals surface area contributed by atoms with Gasteiger partial charge in [-0.1, -0.05) is 13.8 Å². The molecule has 0 saturated carbocycles. The number of halogens is 1. The number of ether oxygens (including phenoxy) is 1. The van der Waals surface area contributed by atoms with Crippen molar-refractivity contribution in [3.63, 3.8) is 0 Å². The van der Waals surface area contributed by atoms with Crippen LogP contribution in [0.15, 0.2) is 24.3 Å². The van der Waals surface area contributed by atoms with E-state index in [0.717, 1.165) is 6.54 Å². The summed E-state index contributed by atoms with van der Waals surface area (Å²) in [6, 6.07) is 5.79. The quantitative estimate of drug-likeness (QED) is 0.810. The van der Waals surface area contributed by atoms with Gasteiger partial charge in [0.25, 0.3) is 0 Å². The molecule has 1 aromatic rings. The van der Waals surface area contributed by atoms with Crippen LogP contribution in [0.5, 0.6) is 5.75 Å². The van der Waals surface area contributed by atoms with Crippen molar-refractivity contribution >= 4 is 0 Å². The third-order valence-corrected chi connectivity index (χ3v) is 2.46. The molecule has 0 aliphatic heterocycles. The summed E-state index contributed by atoms with van der Waals surface area (Å²) in [6.07, 6.45) is -0.543. The zero-order valence-corrected chi connectivity index (χ0v) is 11.3. The Hall–Kier alpha value is -1.13. The van der Waals surface area contributed by atoms with E-state index in [-0.39, 0.29) is 12.4 Å². The van der Waals surface area contributed by atoms with Gasteiger partial charge in [-0.2, -0.15) is 0 Å². The van der Waals surface area contributed by atoms with E-state index < -0.39 is 6.10 Å². The van der Waals surface area contributed by atoms with Crippen LogP contribution in [0, 0.1) is 11.7 Å². The second kappa shape index (κ2) is 7.34. The van der Waals surface area contributed by atoms with Crippen LogP contribution in [0.25, 0.3) is 0 Å². The fraction of sp³-hybridized carbons (Fsp3) is 0.571. The lowest BCUT2D eigenvalue weighted by Gasteiger charge is -2.22. The summed E-state index contributed by atoms with van der Waals surface area (Å²) in [4.78, 5) is 2.07. The predicted molar refractivity (Wildman–Crippen MR) is 70.2 cm³/mol. The summed E-state index contributed by atoms with van der Waals surface area (Å²) >= 11 is 0. The van der Waals surface area contributed by atoms with Crippen LogP contribution >= 0.6 is 0 Å². The van der Waals surface area contributed by atoms with Gasteiger partial charge in [-0.05, 0) is 37.2 Å². The monoisotopic (exact) mass is 255 g/mol. The minimum atomic E-state index is -0.543. The van der Waals surface area contributed by atoms with Crippen molar-refractivity contribution in [1.29, 1.82) is 0 Å². The third-order valence-electron chi connectivity index (χ3n) is 2.46. The molecule has 1 unspecified atom stereocenters. The molecule has 18 heavy (non-hydrogen) atoms. The van der Waals surface area contributed by atoms with E-state index in [0.29, 0.717) is 18.2 Å². The zero-order chi connectivity index (χ0) is 13.5. The van der Waals surface area contributed by atoms with E-state index in [1.54, 1.807) is 12.1 Å². The maximum atomic E-state index is 12.7. The Morgan fingerprint density at radius 3 is 2.39 bits per heavy atom. The summed E-state index contributed by atoms with van der Waals surface area (Å²) < 4.78 is 18.1. The number of benzene rings is 1. The fourth-order valence-corrected chi connectivity index (χ4v) is 1.83. The molecule has 1 N–H and O–H groups in total. The molecule has 0 aliphatic carbocycles. The average molecular weight is 255 g/mol. The third kappa shape index (κ3) is 5.98. The van der Waals surface area contributed by atoms with Crippen molar-refractivity contribution in [2.75, 3.05) is 26.7 Å². The van der Waals surface area contributed by atoms with Crippen molar-refractivity contribution in [1.82, 2.24) is 4.90 Å². The van der Waals surface area contributed by atoms with Crippen LogP contribution in [0.4, 0.5) is 4.39 Å². The molecule has 0 spiro atoms. The largest absolute Gasteiger partial charge is 0.491 e.